The molecule has 0 spiro atoms. The number of hydrogen-bond donors (Lipinski definition) is 0. The van der Waals surface area contributed by atoms with Gasteiger partial charge in [-0.3, -0.25) is 15.1 Å². The monoisotopic (exact) mass is 423 g/mol. The van der Waals surface area contributed by atoms with E-state index in [0.717, 1.165) is 22.2 Å². The van der Waals surface area contributed by atoms with Crippen LogP contribution in [0, 0.1) is 17.0 Å². The molecule has 156 valence electrons. The maximum atomic E-state index is 11.0. The largest absolute Gasteiger partial charge is 0.455 e. The Morgan fingerprint density at radius 1 is 0.938 bits per heavy atom. The highest BCUT2D eigenvalue weighted by atomic mass is 16.6. The maximum absolute atomic E-state index is 11.0. The molecule has 0 N–H and O–H groups in total. The molecular formula is C25H17N3O4. The van der Waals surface area contributed by atoms with E-state index in [1.807, 2.05) is 49.4 Å². The summed E-state index contributed by atoms with van der Waals surface area (Å²) in [6, 6.07) is 23.3. The molecule has 5 rings (SSSR count). The summed E-state index contributed by atoms with van der Waals surface area (Å²) in [6.07, 6.45) is 1.61. The van der Waals surface area contributed by atoms with Crippen LogP contribution in [-0.2, 0) is 0 Å². The minimum absolute atomic E-state index is 0.0142. The lowest BCUT2D eigenvalue weighted by molar-refractivity contribution is -0.384. The zero-order chi connectivity index (χ0) is 22.1. The van der Waals surface area contributed by atoms with E-state index in [4.69, 9.17) is 8.83 Å². The van der Waals surface area contributed by atoms with Crippen molar-refractivity contribution < 1.29 is 13.8 Å². The molecule has 0 aliphatic rings. The van der Waals surface area contributed by atoms with Gasteiger partial charge in [-0.1, -0.05) is 24.3 Å². The number of nitro benzene ring substituents is 1. The molecule has 0 atom stereocenters. The summed E-state index contributed by atoms with van der Waals surface area (Å²) in [5.74, 6) is 1.61. The van der Waals surface area contributed by atoms with Crippen molar-refractivity contribution >= 4 is 28.7 Å². The number of oxazole rings is 1. The highest BCUT2D eigenvalue weighted by Crippen LogP contribution is 2.28. The lowest BCUT2D eigenvalue weighted by atomic mass is 10.1. The smallest absolute Gasteiger partial charge is 0.270 e. The van der Waals surface area contributed by atoms with Gasteiger partial charge in [0.05, 0.1) is 16.8 Å². The molecule has 3 aromatic carbocycles. The van der Waals surface area contributed by atoms with E-state index in [2.05, 4.69) is 9.98 Å². The third kappa shape index (κ3) is 3.91. The van der Waals surface area contributed by atoms with E-state index in [9.17, 15) is 10.1 Å². The van der Waals surface area contributed by atoms with Crippen molar-refractivity contribution in [3.63, 3.8) is 0 Å². The Hall–Kier alpha value is -4.52. The van der Waals surface area contributed by atoms with Crippen LogP contribution in [0.15, 0.2) is 92.7 Å². The molecule has 32 heavy (non-hydrogen) atoms. The van der Waals surface area contributed by atoms with Crippen molar-refractivity contribution in [3.8, 4) is 22.8 Å². The number of aryl methyl sites for hydroxylation is 1. The number of rotatable bonds is 5. The molecule has 2 aromatic heterocycles. The van der Waals surface area contributed by atoms with E-state index in [1.165, 1.54) is 12.1 Å². The van der Waals surface area contributed by atoms with Crippen molar-refractivity contribution in [2.24, 2.45) is 4.99 Å². The summed E-state index contributed by atoms with van der Waals surface area (Å²) < 4.78 is 11.7. The molecule has 2 heterocycles. The lowest BCUT2D eigenvalue weighted by Gasteiger charge is -1.98. The molecule has 0 aliphatic heterocycles. The number of fused-ring (bicyclic) bond motifs is 1. The standard InChI is InChI=1S/C25H17N3O4/c1-16-8-10-24-22(12-16)27-25(32-24)18-5-2-6-19(13-18)26-15-21-9-11-23(31-21)17-4-3-7-20(14-17)28(29)30/h2-15H,1H3. The van der Waals surface area contributed by atoms with Crippen molar-refractivity contribution in [3.05, 3.63) is 100 Å². The van der Waals surface area contributed by atoms with Crippen LogP contribution in [0.4, 0.5) is 11.4 Å². The highest BCUT2D eigenvalue weighted by molar-refractivity contribution is 5.81. The first-order valence-corrected chi connectivity index (χ1v) is 9.91. The second-order valence-corrected chi connectivity index (χ2v) is 7.31. The average Bonchev–Trinajstić information content (AvgIpc) is 3.45. The van der Waals surface area contributed by atoms with Gasteiger partial charge >= 0.3 is 0 Å². The van der Waals surface area contributed by atoms with Gasteiger partial charge in [0.1, 0.15) is 17.0 Å². The van der Waals surface area contributed by atoms with Crippen molar-refractivity contribution in [2.45, 2.75) is 6.92 Å². The number of furan rings is 1. The van der Waals surface area contributed by atoms with Gasteiger partial charge in [-0.15, -0.1) is 0 Å². The minimum atomic E-state index is -0.431. The van der Waals surface area contributed by atoms with Crippen LogP contribution in [0.2, 0.25) is 0 Å². The summed E-state index contributed by atoms with van der Waals surface area (Å²) in [4.78, 5) is 19.6. The molecule has 0 saturated heterocycles. The first-order chi connectivity index (χ1) is 15.5. The molecule has 7 nitrogen and oxygen atoms in total. The summed E-state index contributed by atoms with van der Waals surface area (Å²) in [7, 11) is 0. The Balaban J connectivity index is 1.38. The first-order valence-electron chi connectivity index (χ1n) is 9.91. The molecule has 0 unspecified atom stereocenters. The summed E-state index contributed by atoms with van der Waals surface area (Å²) in [5, 5.41) is 11.0. The van der Waals surface area contributed by atoms with E-state index in [-0.39, 0.29) is 5.69 Å². The van der Waals surface area contributed by atoms with E-state index < -0.39 is 4.92 Å². The van der Waals surface area contributed by atoms with Crippen LogP contribution < -0.4 is 0 Å². The van der Waals surface area contributed by atoms with Gasteiger partial charge in [0.25, 0.3) is 5.69 Å². The minimum Gasteiger partial charge on any atom is -0.455 e. The molecule has 0 radical (unpaired) electrons. The maximum Gasteiger partial charge on any atom is 0.270 e. The quantitative estimate of drug-likeness (QED) is 0.178. The normalized spacial score (nSPS) is 11.4. The summed E-state index contributed by atoms with van der Waals surface area (Å²) >= 11 is 0. The molecule has 0 saturated carbocycles. The van der Waals surface area contributed by atoms with Crippen molar-refractivity contribution in [2.75, 3.05) is 0 Å². The molecule has 7 heteroatoms. The highest BCUT2D eigenvalue weighted by Gasteiger charge is 2.11. The molecule has 0 bridgehead atoms. The van der Waals surface area contributed by atoms with Gasteiger partial charge in [0.2, 0.25) is 5.89 Å². The fourth-order valence-electron chi connectivity index (χ4n) is 3.37. The third-order valence-corrected chi connectivity index (χ3v) is 4.95. The predicted octanol–water partition coefficient (Wildman–Crippen LogP) is 6.72. The number of hydrogen-bond acceptors (Lipinski definition) is 6. The van der Waals surface area contributed by atoms with E-state index in [0.29, 0.717) is 28.7 Å². The van der Waals surface area contributed by atoms with Gasteiger partial charge < -0.3 is 8.83 Å². The predicted molar refractivity (Wildman–Crippen MR) is 122 cm³/mol. The Labute approximate surface area is 182 Å². The van der Waals surface area contributed by atoms with Crippen molar-refractivity contribution in [1.29, 1.82) is 0 Å². The van der Waals surface area contributed by atoms with E-state index >= 15 is 0 Å². The average molecular weight is 423 g/mol. The number of non-ortho nitro benzene ring substituents is 1. The fraction of sp³-hybridized carbons (Fsp3) is 0.0400. The number of nitro groups is 1. The second kappa shape index (κ2) is 7.96. The third-order valence-electron chi connectivity index (χ3n) is 4.95. The number of aromatic nitrogens is 1. The van der Waals surface area contributed by atoms with Crippen LogP contribution in [0.3, 0.4) is 0 Å². The van der Waals surface area contributed by atoms with Gasteiger partial charge in [-0.05, 0) is 55.0 Å². The van der Waals surface area contributed by atoms with Crippen LogP contribution in [-0.4, -0.2) is 16.1 Å². The van der Waals surface area contributed by atoms with E-state index in [1.54, 1.807) is 30.5 Å². The topological polar surface area (TPSA) is 94.7 Å². The SMILES string of the molecule is Cc1ccc2oc(-c3cccc(N=Cc4ccc(-c5cccc([N+](=O)[O-])c5)o4)c3)nc2c1. The zero-order valence-corrected chi connectivity index (χ0v) is 17.1. The lowest BCUT2D eigenvalue weighted by Crippen LogP contribution is -1.87. The van der Waals surface area contributed by atoms with Gasteiger partial charge in [-0.2, -0.15) is 0 Å². The Kier molecular flexibility index (Phi) is 4.84. The first kappa shape index (κ1) is 19.4. The Morgan fingerprint density at radius 2 is 1.78 bits per heavy atom. The van der Waals surface area contributed by atoms with Crippen LogP contribution in [0.5, 0.6) is 0 Å². The molecule has 0 aliphatic carbocycles. The number of nitrogens with zero attached hydrogens (tertiary/aromatic N) is 3. The Bertz CT molecular complexity index is 1480. The molecule has 0 amide bonds. The van der Waals surface area contributed by atoms with Gasteiger partial charge in [0, 0.05) is 23.3 Å². The molecule has 5 aromatic rings. The Morgan fingerprint density at radius 3 is 2.66 bits per heavy atom. The van der Waals surface area contributed by atoms with Gasteiger partial charge in [0.15, 0.2) is 5.58 Å². The summed E-state index contributed by atoms with van der Waals surface area (Å²) in [6.45, 7) is 2.02. The number of benzene rings is 3. The van der Waals surface area contributed by atoms with Crippen LogP contribution in [0.25, 0.3) is 33.9 Å². The zero-order valence-electron chi connectivity index (χ0n) is 17.1. The summed E-state index contributed by atoms with van der Waals surface area (Å²) in [5.41, 5.74) is 4.87. The molecule has 0 fully saturated rings. The fourth-order valence-corrected chi connectivity index (χ4v) is 3.37. The van der Waals surface area contributed by atoms with Crippen LogP contribution in [0.1, 0.15) is 11.3 Å². The van der Waals surface area contributed by atoms with Gasteiger partial charge in [-0.25, -0.2) is 4.98 Å². The second-order valence-electron chi connectivity index (χ2n) is 7.31. The molecular weight excluding hydrogens is 406 g/mol. The number of aliphatic imine (C=N–C) groups is 1. The van der Waals surface area contributed by atoms with Crippen molar-refractivity contribution in [1.82, 2.24) is 4.98 Å². The van der Waals surface area contributed by atoms with Crippen LogP contribution >= 0.6 is 0 Å².